The molecule has 1 aromatic heterocycles. The predicted molar refractivity (Wildman–Crippen MR) is 128 cm³/mol. The van der Waals surface area contributed by atoms with Gasteiger partial charge in [0.1, 0.15) is 11.0 Å². The number of carboxylic acids is 1. The Morgan fingerprint density at radius 2 is 1.88 bits per heavy atom. The Balaban J connectivity index is 1.58. The topological polar surface area (TPSA) is 122 Å². The van der Waals surface area contributed by atoms with Crippen LogP contribution < -0.4 is 10.6 Å². The molecule has 1 heterocycles. The molecule has 0 saturated carbocycles. The van der Waals surface area contributed by atoms with Crippen LogP contribution in [0.25, 0.3) is 0 Å². The van der Waals surface area contributed by atoms with Crippen molar-refractivity contribution < 1.29 is 29.0 Å². The van der Waals surface area contributed by atoms with Gasteiger partial charge >= 0.3 is 11.9 Å². The summed E-state index contributed by atoms with van der Waals surface area (Å²) < 4.78 is 5.19. The molecule has 0 radical (unpaired) electrons. The maximum Gasteiger partial charge on any atom is 0.341 e. The minimum absolute atomic E-state index is 0.0180. The van der Waals surface area contributed by atoms with E-state index in [1.165, 1.54) is 11.3 Å². The van der Waals surface area contributed by atoms with Crippen molar-refractivity contribution in [2.45, 2.75) is 38.6 Å². The molecule has 33 heavy (non-hydrogen) atoms. The highest BCUT2D eigenvalue weighted by molar-refractivity contribution is 8.00. The van der Waals surface area contributed by atoms with Gasteiger partial charge in [0.25, 0.3) is 5.91 Å². The number of thioether (sulfide) groups is 1. The van der Waals surface area contributed by atoms with Gasteiger partial charge in [0.2, 0.25) is 5.91 Å². The summed E-state index contributed by atoms with van der Waals surface area (Å²) in [5.74, 6) is -2.45. The first-order valence-corrected chi connectivity index (χ1v) is 12.7. The molecule has 8 nitrogen and oxygen atoms in total. The normalized spacial score (nSPS) is 13.5. The number of aliphatic carboxylic acids is 1. The third kappa shape index (κ3) is 6.58. The van der Waals surface area contributed by atoms with Crippen molar-refractivity contribution in [2.24, 2.45) is 0 Å². The number of aryl methyl sites for hydroxylation is 1. The molecule has 1 aromatic carbocycles. The third-order valence-electron chi connectivity index (χ3n) is 5.06. The first kappa shape index (κ1) is 24.8. The number of hydrogen-bond acceptors (Lipinski definition) is 7. The number of fused-ring (bicyclic) bond motifs is 1. The molecular formula is C23H26N2O6S2. The number of ether oxygens (including phenoxy) is 1. The molecular weight excluding hydrogens is 464 g/mol. The molecule has 0 aliphatic heterocycles. The summed E-state index contributed by atoms with van der Waals surface area (Å²) in [5.41, 5.74) is 1.76. The molecule has 0 fully saturated rings. The molecule has 1 aliphatic rings. The van der Waals surface area contributed by atoms with Crippen LogP contribution in [0.1, 0.15) is 50.9 Å². The SMILES string of the molecule is CCOC(=O)c1c(NC(=O)CSCC(NC(=O)c2ccccc2)C(=O)O)sc2c1CCCC2. The maximum atomic E-state index is 12.5. The van der Waals surface area contributed by atoms with Gasteiger partial charge in [-0.1, -0.05) is 18.2 Å². The maximum absolute atomic E-state index is 12.5. The molecule has 2 aromatic rings. The molecule has 176 valence electrons. The fourth-order valence-corrected chi connectivity index (χ4v) is 5.64. The lowest BCUT2D eigenvalue weighted by Crippen LogP contribution is -2.42. The van der Waals surface area contributed by atoms with E-state index in [0.29, 0.717) is 16.1 Å². The van der Waals surface area contributed by atoms with E-state index < -0.39 is 23.9 Å². The average Bonchev–Trinajstić information content (AvgIpc) is 3.16. The fourth-order valence-electron chi connectivity index (χ4n) is 3.51. The van der Waals surface area contributed by atoms with Crippen molar-refractivity contribution in [3.8, 4) is 0 Å². The van der Waals surface area contributed by atoms with Crippen LogP contribution in [0.15, 0.2) is 30.3 Å². The van der Waals surface area contributed by atoms with Crippen LogP contribution in [-0.2, 0) is 27.2 Å². The van der Waals surface area contributed by atoms with Gasteiger partial charge in [0.05, 0.1) is 17.9 Å². The lowest BCUT2D eigenvalue weighted by Gasteiger charge is -2.14. The van der Waals surface area contributed by atoms with Crippen molar-refractivity contribution >= 4 is 51.9 Å². The molecule has 10 heteroatoms. The Morgan fingerprint density at radius 1 is 1.15 bits per heavy atom. The summed E-state index contributed by atoms with van der Waals surface area (Å²) in [4.78, 5) is 49.9. The summed E-state index contributed by atoms with van der Waals surface area (Å²) in [6.45, 7) is 1.99. The summed E-state index contributed by atoms with van der Waals surface area (Å²) >= 11 is 2.50. The number of carbonyl (C=O) groups is 4. The molecule has 3 N–H and O–H groups in total. The van der Waals surface area contributed by atoms with E-state index in [9.17, 15) is 24.3 Å². The number of thiophene rings is 1. The lowest BCUT2D eigenvalue weighted by atomic mass is 9.95. The molecule has 3 rings (SSSR count). The van der Waals surface area contributed by atoms with E-state index >= 15 is 0 Å². The number of esters is 1. The molecule has 2 amide bonds. The number of carbonyl (C=O) groups excluding carboxylic acids is 3. The van der Waals surface area contributed by atoms with Crippen LogP contribution in [0.2, 0.25) is 0 Å². The van der Waals surface area contributed by atoms with Gasteiger partial charge in [0.15, 0.2) is 0 Å². The average molecular weight is 491 g/mol. The van der Waals surface area contributed by atoms with Gasteiger partial charge in [-0.25, -0.2) is 9.59 Å². The standard InChI is InChI=1S/C23H26N2O6S2/c1-2-31-23(30)19-15-10-6-7-11-17(15)33-21(19)25-18(26)13-32-12-16(22(28)29)24-20(27)14-8-4-3-5-9-14/h3-5,8-9,16H,2,6-7,10-13H2,1H3,(H,24,27)(H,25,26)(H,28,29). The number of benzene rings is 1. The number of nitrogens with one attached hydrogen (secondary N) is 2. The quantitative estimate of drug-likeness (QED) is 0.437. The predicted octanol–water partition coefficient (Wildman–Crippen LogP) is 3.36. The van der Waals surface area contributed by atoms with Gasteiger partial charge in [-0.05, 0) is 50.3 Å². The first-order chi connectivity index (χ1) is 15.9. The molecule has 0 bridgehead atoms. The van der Waals surface area contributed by atoms with Gasteiger partial charge in [0, 0.05) is 16.2 Å². The number of rotatable bonds is 10. The van der Waals surface area contributed by atoms with Gasteiger partial charge < -0.3 is 20.5 Å². The van der Waals surface area contributed by atoms with Crippen LogP contribution in [0, 0.1) is 0 Å². The molecule has 0 saturated heterocycles. The summed E-state index contributed by atoms with van der Waals surface area (Å²) in [5, 5.41) is 15.2. The number of hydrogen-bond donors (Lipinski definition) is 3. The van der Waals surface area contributed by atoms with Crippen LogP contribution in [0.5, 0.6) is 0 Å². The smallest absolute Gasteiger partial charge is 0.341 e. The van der Waals surface area contributed by atoms with Gasteiger partial charge in [-0.2, -0.15) is 0 Å². The Morgan fingerprint density at radius 3 is 2.58 bits per heavy atom. The van der Waals surface area contributed by atoms with Crippen molar-refractivity contribution in [1.29, 1.82) is 0 Å². The van der Waals surface area contributed by atoms with E-state index in [4.69, 9.17) is 4.74 Å². The van der Waals surface area contributed by atoms with Crippen molar-refractivity contribution in [3.05, 3.63) is 51.9 Å². The van der Waals surface area contributed by atoms with Crippen molar-refractivity contribution in [3.63, 3.8) is 0 Å². The molecule has 0 spiro atoms. The Kier molecular flexibility index (Phi) is 8.90. The highest BCUT2D eigenvalue weighted by atomic mass is 32.2. The van der Waals surface area contributed by atoms with Crippen LogP contribution in [0.4, 0.5) is 5.00 Å². The second-order valence-electron chi connectivity index (χ2n) is 7.43. The molecule has 1 aliphatic carbocycles. The summed E-state index contributed by atoms with van der Waals surface area (Å²) in [6.07, 6.45) is 3.69. The van der Waals surface area contributed by atoms with Crippen molar-refractivity contribution in [1.82, 2.24) is 5.32 Å². The minimum atomic E-state index is -1.18. The van der Waals surface area contributed by atoms with Crippen LogP contribution in [0.3, 0.4) is 0 Å². The number of carboxylic acid groups (broad SMARTS) is 1. The Labute approximate surface area is 200 Å². The van der Waals surface area contributed by atoms with Crippen molar-refractivity contribution in [2.75, 3.05) is 23.4 Å². The minimum Gasteiger partial charge on any atom is -0.480 e. The zero-order valence-electron chi connectivity index (χ0n) is 18.2. The highest BCUT2D eigenvalue weighted by Crippen LogP contribution is 2.38. The van der Waals surface area contributed by atoms with Gasteiger partial charge in [-0.15, -0.1) is 23.1 Å². The Bertz CT molecular complexity index is 1020. The molecule has 1 unspecified atom stereocenters. The van der Waals surface area contributed by atoms with Crippen LogP contribution >= 0.6 is 23.1 Å². The zero-order valence-corrected chi connectivity index (χ0v) is 19.9. The Hall–Kier alpha value is -2.85. The largest absolute Gasteiger partial charge is 0.480 e. The summed E-state index contributed by atoms with van der Waals surface area (Å²) in [7, 11) is 0. The summed E-state index contributed by atoms with van der Waals surface area (Å²) in [6, 6.07) is 7.19. The van der Waals surface area contributed by atoms with E-state index in [0.717, 1.165) is 47.9 Å². The van der Waals surface area contributed by atoms with Gasteiger partial charge in [-0.3, -0.25) is 9.59 Å². The number of anilines is 1. The molecule has 1 atom stereocenters. The van der Waals surface area contributed by atoms with E-state index in [1.54, 1.807) is 37.3 Å². The van der Waals surface area contributed by atoms with E-state index in [1.807, 2.05) is 0 Å². The monoisotopic (exact) mass is 490 g/mol. The second kappa shape index (κ2) is 11.9. The van der Waals surface area contributed by atoms with E-state index in [-0.39, 0.29) is 24.0 Å². The van der Waals surface area contributed by atoms with E-state index in [2.05, 4.69) is 10.6 Å². The number of amides is 2. The fraction of sp³-hybridized carbons (Fsp3) is 0.391. The first-order valence-electron chi connectivity index (χ1n) is 10.7. The third-order valence-corrected chi connectivity index (χ3v) is 7.30. The zero-order chi connectivity index (χ0) is 23.8. The lowest BCUT2D eigenvalue weighted by molar-refractivity contribution is -0.138. The second-order valence-corrected chi connectivity index (χ2v) is 9.56. The highest BCUT2D eigenvalue weighted by Gasteiger charge is 2.27. The van der Waals surface area contributed by atoms with Crippen LogP contribution in [-0.4, -0.2) is 53.0 Å².